The summed E-state index contributed by atoms with van der Waals surface area (Å²) in [5, 5.41) is 2.94. The summed E-state index contributed by atoms with van der Waals surface area (Å²) in [5.74, 6) is 0.0552. The second-order valence-electron chi connectivity index (χ2n) is 3.30. The molecule has 6 heteroatoms. The summed E-state index contributed by atoms with van der Waals surface area (Å²) in [7, 11) is 0. The Morgan fingerprint density at radius 2 is 2.29 bits per heavy atom. The van der Waals surface area contributed by atoms with E-state index in [2.05, 4.69) is 4.98 Å². The van der Waals surface area contributed by atoms with Crippen molar-refractivity contribution in [2.24, 2.45) is 5.73 Å². The van der Waals surface area contributed by atoms with E-state index in [0.717, 1.165) is 10.7 Å². The third kappa shape index (κ3) is 3.15. The van der Waals surface area contributed by atoms with Crippen LogP contribution in [0, 0.1) is 5.82 Å². The second kappa shape index (κ2) is 5.44. The van der Waals surface area contributed by atoms with Crippen LogP contribution in [0.25, 0.3) is 0 Å². The molecule has 0 radical (unpaired) electrons. The van der Waals surface area contributed by atoms with Crippen molar-refractivity contribution in [1.29, 1.82) is 0 Å². The largest absolute Gasteiger partial charge is 0.485 e. The summed E-state index contributed by atoms with van der Waals surface area (Å²) in [6.07, 6.45) is 0. The van der Waals surface area contributed by atoms with E-state index in [1.165, 1.54) is 29.5 Å². The van der Waals surface area contributed by atoms with Crippen LogP contribution in [0.1, 0.15) is 10.7 Å². The van der Waals surface area contributed by atoms with Crippen LogP contribution in [-0.4, -0.2) is 4.98 Å². The molecular weight excluding hydrogens is 263 g/mol. The zero-order valence-electron chi connectivity index (χ0n) is 8.82. The fraction of sp³-hybridized carbons (Fsp3) is 0.182. The summed E-state index contributed by atoms with van der Waals surface area (Å²) in [5.41, 5.74) is 6.28. The van der Waals surface area contributed by atoms with Gasteiger partial charge in [0.25, 0.3) is 0 Å². The van der Waals surface area contributed by atoms with E-state index in [0.29, 0.717) is 18.9 Å². The molecule has 0 saturated heterocycles. The molecule has 0 bridgehead atoms. The molecule has 0 atom stereocenters. The molecule has 17 heavy (non-hydrogen) atoms. The van der Waals surface area contributed by atoms with Gasteiger partial charge in [-0.2, -0.15) is 0 Å². The van der Waals surface area contributed by atoms with Crippen molar-refractivity contribution in [2.75, 3.05) is 0 Å². The molecule has 0 unspecified atom stereocenters. The van der Waals surface area contributed by atoms with Gasteiger partial charge in [-0.3, -0.25) is 0 Å². The maximum Gasteiger partial charge on any atom is 0.140 e. The first-order chi connectivity index (χ1) is 8.19. The van der Waals surface area contributed by atoms with Crippen LogP contribution in [0.5, 0.6) is 5.75 Å². The van der Waals surface area contributed by atoms with Gasteiger partial charge in [0, 0.05) is 11.9 Å². The van der Waals surface area contributed by atoms with Crippen LogP contribution >= 0.6 is 22.9 Å². The molecular formula is C11H10ClFN2OS. The minimum Gasteiger partial charge on any atom is -0.485 e. The summed E-state index contributed by atoms with van der Waals surface area (Å²) < 4.78 is 18.2. The molecule has 0 amide bonds. The Balaban J connectivity index is 2.02. The molecule has 2 N–H and O–H groups in total. The number of thiazole rings is 1. The molecule has 0 saturated carbocycles. The van der Waals surface area contributed by atoms with Crippen molar-refractivity contribution in [3.63, 3.8) is 0 Å². The minimum atomic E-state index is -0.387. The van der Waals surface area contributed by atoms with Gasteiger partial charge in [-0.1, -0.05) is 11.6 Å². The molecule has 0 aliphatic carbocycles. The normalized spacial score (nSPS) is 10.5. The SMILES string of the molecule is NCc1csc(COc2ccc(F)cc2Cl)n1. The van der Waals surface area contributed by atoms with Crippen molar-refractivity contribution < 1.29 is 9.13 Å². The lowest BCUT2D eigenvalue weighted by atomic mass is 10.3. The molecule has 0 fully saturated rings. The third-order valence-electron chi connectivity index (χ3n) is 2.05. The minimum absolute atomic E-state index is 0.251. The van der Waals surface area contributed by atoms with Crippen molar-refractivity contribution in [3.05, 3.63) is 45.1 Å². The van der Waals surface area contributed by atoms with E-state index in [1.807, 2.05) is 5.38 Å². The highest BCUT2D eigenvalue weighted by atomic mass is 35.5. The van der Waals surface area contributed by atoms with Crippen LogP contribution in [0.2, 0.25) is 5.02 Å². The smallest absolute Gasteiger partial charge is 0.140 e. The topological polar surface area (TPSA) is 48.1 Å². The van der Waals surface area contributed by atoms with Crippen molar-refractivity contribution in [3.8, 4) is 5.75 Å². The summed E-state index contributed by atoms with van der Waals surface area (Å²) in [6, 6.07) is 4.01. The molecule has 0 aliphatic heterocycles. The van der Waals surface area contributed by atoms with E-state index in [4.69, 9.17) is 22.1 Å². The number of ether oxygens (including phenoxy) is 1. The van der Waals surface area contributed by atoms with Gasteiger partial charge in [0.2, 0.25) is 0 Å². The van der Waals surface area contributed by atoms with Crippen LogP contribution < -0.4 is 10.5 Å². The molecule has 1 aromatic carbocycles. The lowest BCUT2D eigenvalue weighted by molar-refractivity contribution is 0.305. The summed E-state index contributed by atoms with van der Waals surface area (Å²) in [4.78, 5) is 4.24. The number of nitrogens with zero attached hydrogens (tertiary/aromatic N) is 1. The van der Waals surface area contributed by atoms with Gasteiger partial charge in [-0.05, 0) is 18.2 Å². The number of halogens is 2. The molecule has 1 heterocycles. The standard InChI is InChI=1S/C11H10ClFN2OS/c12-9-3-7(13)1-2-10(9)16-5-11-15-8(4-14)6-17-11/h1-3,6H,4-5,14H2. The number of rotatable bonds is 4. The zero-order chi connectivity index (χ0) is 12.3. The number of benzene rings is 1. The first-order valence-corrected chi connectivity index (χ1v) is 6.16. The van der Waals surface area contributed by atoms with E-state index in [-0.39, 0.29) is 10.8 Å². The van der Waals surface area contributed by atoms with Crippen LogP contribution in [0.3, 0.4) is 0 Å². The predicted octanol–water partition coefficient (Wildman–Crippen LogP) is 2.97. The highest BCUT2D eigenvalue weighted by Gasteiger charge is 2.05. The Morgan fingerprint density at radius 3 is 2.94 bits per heavy atom. The molecule has 1 aromatic heterocycles. The van der Waals surface area contributed by atoms with E-state index < -0.39 is 0 Å². The Morgan fingerprint density at radius 1 is 1.47 bits per heavy atom. The molecule has 2 aromatic rings. The van der Waals surface area contributed by atoms with Gasteiger partial charge in [-0.15, -0.1) is 11.3 Å². The van der Waals surface area contributed by atoms with E-state index in [9.17, 15) is 4.39 Å². The fourth-order valence-corrected chi connectivity index (χ4v) is 2.18. The Labute approximate surface area is 107 Å². The molecule has 2 rings (SSSR count). The average molecular weight is 273 g/mol. The monoisotopic (exact) mass is 272 g/mol. The predicted molar refractivity (Wildman–Crippen MR) is 65.7 cm³/mol. The van der Waals surface area contributed by atoms with Gasteiger partial charge in [0.1, 0.15) is 23.2 Å². The number of hydrogen-bond acceptors (Lipinski definition) is 4. The van der Waals surface area contributed by atoms with Gasteiger partial charge in [-0.25, -0.2) is 9.37 Å². The van der Waals surface area contributed by atoms with Gasteiger partial charge in [0.05, 0.1) is 10.7 Å². The Bertz CT molecular complexity index is 518. The van der Waals surface area contributed by atoms with Crippen LogP contribution in [-0.2, 0) is 13.2 Å². The second-order valence-corrected chi connectivity index (χ2v) is 4.65. The quantitative estimate of drug-likeness (QED) is 0.931. The molecule has 0 aliphatic rings. The Hall–Kier alpha value is -1.17. The molecule has 3 nitrogen and oxygen atoms in total. The highest BCUT2D eigenvalue weighted by Crippen LogP contribution is 2.26. The average Bonchev–Trinajstić information content (AvgIpc) is 2.76. The lowest BCUT2D eigenvalue weighted by Crippen LogP contribution is -1.99. The van der Waals surface area contributed by atoms with Crippen molar-refractivity contribution in [1.82, 2.24) is 4.98 Å². The number of nitrogens with two attached hydrogens (primary N) is 1. The third-order valence-corrected chi connectivity index (χ3v) is 3.22. The summed E-state index contributed by atoms with van der Waals surface area (Å²) >= 11 is 7.30. The van der Waals surface area contributed by atoms with Gasteiger partial charge < -0.3 is 10.5 Å². The highest BCUT2D eigenvalue weighted by molar-refractivity contribution is 7.09. The number of hydrogen-bond donors (Lipinski definition) is 1. The summed E-state index contributed by atoms with van der Waals surface area (Å²) in [6.45, 7) is 0.712. The number of aromatic nitrogens is 1. The van der Waals surface area contributed by atoms with Crippen LogP contribution in [0.4, 0.5) is 4.39 Å². The van der Waals surface area contributed by atoms with E-state index in [1.54, 1.807) is 0 Å². The molecule has 0 spiro atoms. The van der Waals surface area contributed by atoms with E-state index >= 15 is 0 Å². The molecule has 90 valence electrons. The van der Waals surface area contributed by atoms with Crippen molar-refractivity contribution in [2.45, 2.75) is 13.2 Å². The lowest BCUT2D eigenvalue weighted by Gasteiger charge is -2.05. The fourth-order valence-electron chi connectivity index (χ4n) is 1.24. The first kappa shape index (κ1) is 12.3. The van der Waals surface area contributed by atoms with Gasteiger partial charge >= 0.3 is 0 Å². The van der Waals surface area contributed by atoms with Crippen LogP contribution in [0.15, 0.2) is 23.6 Å². The Kier molecular flexibility index (Phi) is 3.93. The first-order valence-electron chi connectivity index (χ1n) is 4.90. The van der Waals surface area contributed by atoms with Crippen molar-refractivity contribution >= 4 is 22.9 Å². The zero-order valence-corrected chi connectivity index (χ0v) is 10.4. The van der Waals surface area contributed by atoms with Gasteiger partial charge in [0.15, 0.2) is 0 Å². The maximum absolute atomic E-state index is 12.8. The maximum atomic E-state index is 12.8.